The van der Waals surface area contributed by atoms with E-state index >= 15 is 0 Å². The minimum Gasteiger partial charge on any atom is -0.463 e. The number of carbonyl (C=O) groups is 1. The second kappa shape index (κ2) is 22.3. The molecule has 0 spiro atoms. The summed E-state index contributed by atoms with van der Waals surface area (Å²) in [4.78, 5) is 10.7. The standard InChI is InChI=1S/C15H28O2.C7H18O3SSi/c1-3-5-6-7-8-9-10-11-12-13-14-17-15(16)4-2;1-5-8-12(4,9-6-2)10-7(3)11/h4H,2-3,5-14H2,1H3;7,11H,5-6H2,1-4H3. The minimum absolute atomic E-state index is 0.139. The molecule has 0 amide bonds. The van der Waals surface area contributed by atoms with Crippen LogP contribution in [0.4, 0.5) is 0 Å². The van der Waals surface area contributed by atoms with Crippen molar-refractivity contribution in [2.45, 2.75) is 104 Å². The highest BCUT2D eigenvalue weighted by molar-refractivity contribution is 7.80. The lowest BCUT2D eigenvalue weighted by Crippen LogP contribution is -2.44. The molecule has 0 bridgehead atoms. The Morgan fingerprint density at radius 1 is 0.931 bits per heavy atom. The Kier molecular flexibility index (Phi) is 23.8. The van der Waals surface area contributed by atoms with Gasteiger partial charge in [0.2, 0.25) is 0 Å². The van der Waals surface area contributed by atoms with Crippen LogP contribution in [0.2, 0.25) is 6.55 Å². The van der Waals surface area contributed by atoms with E-state index in [9.17, 15) is 4.79 Å². The van der Waals surface area contributed by atoms with Gasteiger partial charge in [-0.3, -0.25) is 0 Å². The van der Waals surface area contributed by atoms with Gasteiger partial charge in [-0.1, -0.05) is 71.3 Å². The number of esters is 1. The molecule has 0 fully saturated rings. The van der Waals surface area contributed by atoms with Gasteiger partial charge >= 0.3 is 14.8 Å². The van der Waals surface area contributed by atoms with Crippen molar-refractivity contribution >= 4 is 27.4 Å². The summed E-state index contributed by atoms with van der Waals surface area (Å²) in [5.74, 6) is -0.305. The summed E-state index contributed by atoms with van der Waals surface area (Å²) in [6, 6.07) is 0. The quantitative estimate of drug-likeness (QED) is 0.0640. The first-order valence-corrected chi connectivity index (χ1v) is 14.0. The maximum Gasteiger partial charge on any atom is 0.498 e. The Bertz CT molecular complexity index is 374. The first kappa shape index (κ1) is 30.8. The van der Waals surface area contributed by atoms with E-state index in [0.717, 1.165) is 6.42 Å². The third kappa shape index (κ3) is 23.8. The zero-order chi connectivity index (χ0) is 22.4. The lowest BCUT2D eigenvalue weighted by Gasteiger charge is -2.26. The smallest absolute Gasteiger partial charge is 0.463 e. The lowest BCUT2D eigenvalue weighted by atomic mass is 10.1. The summed E-state index contributed by atoms with van der Waals surface area (Å²) in [6.07, 6.45) is 14.2. The number of rotatable bonds is 18. The van der Waals surface area contributed by atoms with Crippen LogP contribution in [0.5, 0.6) is 0 Å². The molecule has 29 heavy (non-hydrogen) atoms. The molecule has 1 atom stereocenters. The SMILES string of the molecule is C=CC(=O)OCCCCCCCCCCCC.CCO[Si](C)(OCC)OC(C)S. The van der Waals surface area contributed by atoms with Gasteiger partial charge in [-0.2, -0.15) is 0 Å². The Balaban J connectivity index is 0. The van der Waals surface area contributed by atoms with Crippen LogP contribution in [0.15, 0.2) is 12.7 Å². The van der Waals surface area contributed by atoms with E-state index < -0.39 is 8.80 Å². The molecular formula is C22H46O5SSi. The average molecular weight is 451 g/mol. The summed E-state index contributed by atoms with van der Waals surface area (Å²) in [7, 11) is -2.39. The van der Waals surface area contributed by atoms with Gasteiger partial charge in [0.15, 0.2) is 0 Å². The van der Waals surface area contributed by atoms with Crippen LogP contribution in [-0.2, 0) is 22.8 Å². The molecule has 0 saturated heterocycles. The van der Waals surface area contributed by atoms with Gasteiger partial charge in [0.25, 0.3) is 0 Å². The van der Waals surface area contributed by atoms with Crippen LogP contribution >= 0.6 is 12.6 Å². The second-order valence-electron chi connectivity index (χ2n) is 7.00. The van der Waals surface area contributed by atoms with Crippen LogP contribution in [0, 0.1) is 0 Å². The van der Waals surface area contributed by atoms with E-state index in [0.29, 0.717) is 19.8 Å². The van der Waals surface area contributed by atoms with E-state index in [-0.39, 0.29) is 11.4 Å². The predicted octanol–water partition coefficient (Wildman–Crippen LogP) is 6.56. The summed E-state index contributed by atoms with van der Waals surface area (Å²) in [6.45, 7) is 15.0. The number of carbonyl (C=O) groups excluding carboxylic acids is 1. The molecule has 0 rings (SSSR count). The third-order valence-electron chi connectivity index (χ3n) is 4.11. The van der Waals surface area contributed by atoms with Gasteiger partial charge in [-0.15, -0.1) is 12.6 Å². The molecule has 0 aromatic heterocycles. The summed E-state index contributed by atoms with van der Waals surface area (Å²) < 4.78 is 21.2. The van der Waals surface area contributed by atoms with E-state index in [1.165, 1.54) is 63.9 Å². The second-order valence-corrected chi connectivity index (χ2v) is 10.3. The fourth-order valence-corrected chi connectivity index (χ4v) is 5.23. The highest BCUT2D eigenvalue weighted by Crippen LogP contribution is 2.13. The highest BCUT2D eigenvalue weighted by atomic mass is 32.1. The maximum atomic E-state index is 10.7. The van der Waals surface area contributed by atoms with Gasteiger partial charge in [0, 0.05) is 25.8 Å². The Morgan fingerprint density at radius 2 is 1.38 bits per heavy atom. The zero-order valence-corrected chi connectivity index (χ0v) is 21.4. The number of ether oxygens (including phenoxy) is 1. The maximum absolute atomic E-state index is 10.7. The molecule has 0 radical (unpaired) electrons. The summed E-state index contributed by atoms with van der Waals surface area (Å²) >= 11 is 4.13. The van der Waals surface area contributed by atoms with Crippen molar-refractivity contribution in [1.82, 2.24) is 0 Å². The number of thiol groups is 1. The molecule has 0 N–H and O–H groups in total. The molecule has 174 valence electrons. The molecule has 0 aromatic rings. The monoisotopic (exact) mass is 450 g/mol. The summed E-state index contributed by atoms with van der Waals surface area (Å²) in [5.41, 5.74) is -0.139. The normalized spacial score (nSPS) is 12.1. The Labute approximate surface area is 186 Å². The first-order valence-electron chi connectivity index (χ1n) is 11.3. The van der Waals surface area contributed by atoms with Gasteiger partial charge in [0.1, 0.15) is 0 Å². The molecule has 7 heteroatoms. The highest BCUT2D eigenvalue weighted by Gasteiger charge is 2.35. The number of unbranched alkanes of at least 4 members (excludes halogenated alkanes) is 9. The van der Waals surface area contributed by atoms with Crippen molar-refractivity contribution in [3.05, 3.63) is 12.7 Å². The molecule has 0 aliphatic heterocycles. The summed E-state index contributed by atoms with van der Waals surface area (Å²) in [5, 5.41) is 0. The van der Waals surface area contributed by atoms with Crippen molar-refractivity contribution in [3.63, 3.8) is 0 Å². The average Bonchev–Trinajstić information content (AvgIpc) is 2.66. The molecular weight excluding hydrogens is 404 g/mol. The van der Waals surface area contributed by atoms with E-state index in [1.807, 2.05) is 27.3 Å². The van der Waals surface area contributed by atoms with Crippen LogP contribution in [-0.4, -0.2) is 40.0 Å². The topological polar surface area (TPSA) is 54.0 Å². The zero-order valence-electron chi connectivity index (χ0n) is 19.5. The number of hydrogen-bond acceptors (Lipinski definition) is 6. The molecule has 1 unspecified atom stereocenters. The molecule has 0 saturated carbocycles. The lowest BCUT2D eigenvalue weighted by molar-refractivity contribution is -0.137. The van der Waals surface area contributed by atoms with Crippen LogP contribution in [0.25, 0.3) is 0 Å². The van der Waals surface area contributed by atoms with Crippen LogP contribution < -0.4 is 0 Å². The largest absolute Gasteiger partial charge is 0.498 e. The van der Waals surface area contributed by atoms with Crippen molar-refractivity contribution in [2.75, 3.05) is 19.8 Å². The van der Waals surface area contributed by atoms with E-state index in [4.69, 9.17) is 18.0 Å². The van der Waals surface area contributed by atoms with Crippen molar-refractivity contribution in [2.24, 2.45) is 0 Å². The van der Waals surface area contributed by atoms with E-state index in [1.54, 1.807) is 0 Å². The predicted molar refractivity (Wildman–Crippen MR) is 127 cm³/mol. The van der Waals surface area contributed by atoms with Crippen LogP contribution in [0.3, 0.4) is 0 Å². The molecule has 5 nitrogen and oxygen atoms in total. The van der Waals surface area contributed by atoms with Crippen LogP contribution in [0.1, 0.15) is 91.9 Å². The first-order chi connectivity index (χ1) is 13.8. The van der Waals surface area contributed by atoms with Gasteiger partial charge in [-0.05, 0) is 27.2 Å². The number of hydrogen-bond donors (Lipinski definition) is 1. The van der Waals surface area contributed by atoms with Crippen molar-refractivity contribution in [3.8, 4) is 0 Å². The van der Waals surface area contributed by atoms with Gasteiger partial charge in [0.05, 0.1) is 12.0 Å². The third-order valence-corrected chi connectivity index (χ3v) is 6.82. The molecule has 0 aliphatic carbocycles. The molecule has 0 aromatic carbocycles. The fourth-order valence-electron chi connectivity index (χ4n) is 2.77. The van der Waals surface area contributed by atoms with Crippen molar-refractivity contribution < 1.29 is 22.8 Å². The Morgan fingerprint density at radius 3 is 1.76 bits per heavy atom. The van der Waals surface area contributed by atoms with Crippen molar-refractivity contribution in [1.29, 1.82) is 0 Å². The molecule has 0 heterocycles. The molecule has 0 aliphatic rings. The fraction of sp³-hybridized carbons (Fsp3) is 0.864. The van der Waals surface area contributed by atoms with Gasteiger partial charge < -0.3 is 18.0 Å². The van der Waals surface area contributed by atoms with E-state index in [2.05, 4.69) is 26.1 Å². The van der Waals surface area contributed by atoms with Gasteiger partial charge in [-0.25, -0.2) is 4.79 Å². The minimum atomic E-state index is -2.39. The Hall–Kier alpha value is -0.343.